The van der Waals surface area contributed by atoms with Crippen molar-refractivity contribution in [1.82, 2.24) is 0 Å². The van der Waals surface area contributed by atoms with Crippen molar-refractivity contribution in [1.29, 1.82) is 0 Å². The molecule has 188 valence electrons. The maximum absolute atomic E-state index is 15.4. The Balaban J connectivity index is 1.32. The van der Waals surface area contributed by atoms with E-state index in [-0.39, 0.29) is 5.82 Å². The molecular formula is C34H45F. The number of rotatable bonds is 12. The summed E-state index contributed by atoms with van der Waals surface area (Å²) in [6.45, 7) is 4.52. The van der Waals surface area contributed by atoms with Crippen LogP contribution in [0.2, 0.25) is 0 Å². The van der Waals surface area contributed by atoms with E-state index in [9.17, 15) is 0 Å². The first-order valence-electron chi connectivity index (χ1n) is 14.5. The van der Waals surface area contributed by atoms with E-state index in [4.69, 9.17) is 0 Å². The monoisotopic (exact) mass is 472 g/mol. The fourth-order valence-electron chi connectivity index (χ4n) is 6.01. The minimum absolute atomic E-state index is 0.0916. The highest BCUT2D eigenvalue weighted by atomic mass is 19.1. The van der Waals surface area contributed by atoms with Gasteiger partial charge in [-0.2, -0.15) is 0 Å². The summed E-state index contributed by atoms with van der Waals surface area (Å²) >= 11 is 0. The molecule has 1 heteroatoms. The molecule has 0 saturated heterocycles. The van der Waals surface area contributed by atoms with Crippen LogP contribution in [0.25, 0.3) is 21.9 Å². The fraction of sp³-hybridized carbons (Fsp3) is 0.529. The quantitative estimate of drug-likeness (QED) is 0.230. The van der Waals surface area contributed by atoms with Crippen LogP contribution in [0.1, 0.15) is 102 Å². The van der Waals surface area contributed by atoms with Gasteiger partial charge in [0, 0.05) is 10.9 Å². The highest BCUT2D eigenvalue weighted by molar-refractivity contribution is 5.88. The fourth-order valence-corrected chi connectivity index (χ4v) is 6.01. The zero-order valence-corrected chi connectivity index (χ0v) is 22.1. The third kappa shape index (κ3) is 7.18. The van der Waals surface area contributed by atoms with Gasteiger partial charge in [-0.15, -0.1) is 0 Å². The van der Waals surface area contributed by atoms with Crippen LogP contribution in [-0.2, 0) is 12.8 Å². The number of hydrogen-bond acceptors (Lipinski definition) is 0. The predicted molar refractivity (Wildman–Crippen MR) is 150 cm³/mol. The van der Waals surface area contributed by atoms with Crippen molar-refractivity contribution in [2.45, 2.75) is 104 Å². The highest BCUT2D eigenvalue weighted by Gasteiger charge is 2.20. The molecule has 0 bridgehead atoms. The molecule has 0 spiro atoms. The third-order valence-electron chi connectivity index (χ3n) is 8.38. The Morgan fingerprint density at radius 3 is 2.03 bits per heavy atom. The third-order valence-corrected chi connectivity index (χ3v) is 8.38. The largest absolute Gasteiger partial charge is 0.206 e. The van der Waals surface area contributed by atoms with Crippen LogP contribution in [0, 0.1) is 17.7 Å². The van der Waals surface area contributed by atoms with Gasteiger partial charge < -0.3 is 0 Å². The molecule has 0 nitrogen and oxygen atoms in total. The van der Waals surface area contributed by atoms with Crippen molar-refractivity contribution in [2.24, 2.45) is 11.8 Å². The second kappa shape index (κ2) is 13.2. The van der Waals surface area contributed by atoms with E-state index in [1.807, 2.05) is 12.1 Å². The molecule has 0 amide bonds. The van der Waals surface area contributed by atoms with Gasteiger partial charge in [0.1, 0.15) is 5.82 Å². The lowest BCUT2D eigenvalue weighted by molar-refractivity contribution is 0.249. The molecule has 1 saturated carbocycles. The summed E-state index contributed by atoms with van der Waals surface area (Å²) in [6, 6.07) is 18.9. The zero-order chi connectivity index (χ0) is 24.5. The van der Waals surface area contributed by atoms with Crippen molar-refractivity contribution < 1.29 is 4.39 Å². The minimum atomic E-state index is -0.0916. The summed E-state index contributed by atoms with van der Waals surface area (Å²) in [5.74, 6) is 1.79. The van der Waals surface area contributed by atoms with Gasteiger partial charge in [0.2, 0.25) is 0 Å². The Labute approximate surface area is 213 Å². The molecule has 0 atom stereocenters. The summed E-state index contributed by atoms with van der Waals surface area (Å²) in [6.07, 6.45) is 18.5. The number of unbranched alkanes of at least 4 members (excludes halogenated alkanes) is 4. The first kappa shape index (κ1) is 25.9. The Hall–Kier alpha value is -2.15. The van der Waals surface area contributed by atoms with Gasteiger partial charge in [-0.25, -0.2) is 4.39 Å². The van der Waals surface area contributed by atoms with E-state index in [1.54, 1.807) is 0 Å². The van der Waals surface area contributed by atoms with Gasteiger partial charge in [0.25, 0.3) is 0 Å². The number of benzene rings is 3. The van der Waals surface area contributed by atoms with Gasteiger partial charge >= 0.3 is 0 Å². The molecule has 1 aliphatic rings. The van der Waals surface area contributed by atoms with Crippen LogP contribution in [0.5, 0.6) is 0 Å². The van der Waals surface area contributed by atoms with E-state index >= 15 is 4.39 Å². The van der Waals surface area contributed by atoms with E-state index in [2.05, 4.69) is 56.3 Å². The standard InChI is InChI=1S/C34H45F/c1-3-5-7-9-26-11-13-27(14-12-26)15-16-28-17-20-30(21-18-28)32-24-22-31-25-29(10-8-6-4-2)19-23-33(31)34(32)35/h17-27H,3-16H2,1-2H3. The Kier molecular flexibility index (Phi) is 9.81. The number of fused-ring (bicyclic) bond motifs is 1. The summed E-state index contributed by atoms with van der Waals surface area (Å²) in [4.78, 5) is 0. The van der Waals surface area contributed by atoms with E-state index in [0.29, 0.717) is 5.56 Å². The summed E-state index contributed by atoms with van der Waals surface area (Å²) in [5.41, 5.74) is 4.39. The molecule has 0 aromatic heterocycles. The van der Waals surface area contributed by atoms with Gasteiger partial charge in [0.05, 0.1) is 0 Å². The lowest BCUT2D eigenvalue weighted by Gasteiger charge is -2.28. The average Bonchev–Trinajstić information content (AvgIpc) is 2.89. The Morgan fingerprint density at radius 2 is 1.31 bits per heavy atom. The Morgan fingerprint density at radius 1 is 0.657 bits per heavy atom. The number of aryl methyl sites for hydroxylation is 2. The lowest BCUT2D eigenvalue weighted by atomic mass is 9.78. The first-order chi connectivity index (χ1) is 17.2. The highest BCUT2D eigenvalue weighted by Crippen LogP contribution is 2.35. The molecule has 1 fully saturated rings. The van der Waals surface area contributed by atoms with Crippen LogP contribution in [0.15, 0.2) is 54.6 Å². The van der Waals surface area contributed by atoms with E-state index in [0.717, 1.165) is 41.0 Å². The molecule has 3 aromatic rings. The SMILES string of the molecule is CCCCCc1ccc2c(F)c(-c3ccc(CCC4CCC(CCCCC)CC4)cc3)ccc2c1. The van der Waals surface area contributed by atoms with Gasteiger partial charge in [-0.1, -0.05) is 133 Å². The zero-order valence-electron chi connectivity index (χ0n) is 22.1. The maximum atomic E-state index is 15.4. The van der Waals surface area contributed by atoms with Gasteiger partial charge in [0.15, 0.2) is 0 Å². The van der Waals surface area contributed by atoms with Crippen molar-refractivity contribution >= 4 is 10.8 Å². The van der Waals surface area contributed by atoms with Crippen molar-refractivity contribution in [3.05, 3.63) is 71.5 Å². The molecule has 0 N–H and O–H groups in total. The molecule has 4 rings (SSSR count). The summed E-state index contributed by atoms with van der Waals surface area (Å²) in [5, 5.41) is 1.74. The molecule has 0 radical (unpaired) electrons. The Bertz CT molecular complexity index is 1040. The molecule has 35 heavy (non-hydrogen) atoms. The molecule has 0 unspecified atom stereocenters. The summed E-state index contributed by atoms with van der Waals surface area (Å²) in [7, 11) is 0. The normalized spacial score (nSPS) is 18.3. The summed E-state index contributed by atoms with van der Waals surface area (Å²) < 4.78 is 15.4. The lowest BCUT2D eigenvalue weighted by Crippen LogP contribution is -2.15. The molecule has 0 heterocycles. The maximum Gasteiger partial charge on any atom is 0.138 e. The second-order valence-corrected chi connectivity index (χ2v) is 11.1. The average molecular weight is 473 g/mol. The van der Waals surface area contributed by atoms with E-state index in [1.165, 1.54) is 88.2 Å². The van der Waals surface area contributed by atoms with Gasteiger partial charge in [-0.3, -0.25) is 0 Å². The van der Waals surface area contributed by atoms with Crippen molar-refractivity contribution in [2.75, 3.05) is 0 Å². The number of hydrogen-bond donors (Lipinski definition) is 0. The molecule has 0 aliphatic heterocycles. The van der Waals surface area contributed by atoms with Crippen LogP contribution in [0.3, 0.4) is 0 Å². The van der Waals surface area contributed by atoms with Crippen molar-refractivity contribution in [3.8, 4) is 11.1 Å². The molecule has 3 aromatic carbocycles. The number of halogens is 1. The smallest absolute Gasteiger partial charge is 0.138 e. The van der Waals surface area contributed by atoms with E-state index < -0.39 is 0 Å². The van der Waals surface area contributed by atoms with Crippen molar-refractivity contribution in [3.63, 3.8) is 0 Å². The minimum Gasteiger partial charge on any atom is -0.206 e. The second-order valence-electron chi connectivity index (χ2n) is 11.1. The van der Waals surface area contributed by atoms with Crippen LogP contribution in [-0.4, -0.2) is 0 Å². The molecular weight excluding hydrogens is 427 g/mol. The van der Waals surface area contributed by atoms with Gasteiger partial charge in [-0.05, 0) is 59.6 Å². The van der Waals surface area contributed by atoms with Crippen LogP contribution < -0.4 is 0 Å². The predicted octanol–water partition coefficient (Wildman–Crippen LogP) is 10.7. The molecule has 1 aliphatic carbocycles. The van der Waals surface area contributed by atoms with Crippen LogP contribution >= 0.6 is 0 Å². The van der Waals surface area contributed by atoms with Crippen LogP contribution in [0.4, 0.5) is 4.39 Å². The topological polar surface area (TPSA) is 0 Å². The first-order valence-corrected chi connectivity index (χ1v) is 14.5.